The molecule has 8 heteroatoms. The lowest BCUT2D eigenvalue weighted by Gasteiger charge is -2.33. The SMILES string of the molecule is O=C(NC1CCC1)c1cc2ccc(Cl)cc2n1C1(Cc2cccc(Cl)c2)C(=O)Nc2cc(Cl)ccc21. The average molecular weight is 539 g/mol. The van der Waals surface area contributed by atoms with Gasteiger partial charge in [-0.2, -0.15) is 0 Å². The number of nitrogens with one attached hydrogen (secondary N) is 2. The highest BCUT2D eigenvalue weighted by Crippen LogP contribution is 2.46. The molecule has 1 aliphatic heterocycles. The fraction of sp³-hybridized carbons (Fsp3) is 0.214. The van der Waals surface area contributed by atoms with Crippen molar-refractivity contribution in [2.45, 2.75) is 37.3 Å². The smallest absolute Gasteiger partial charge is 0.268 e. The van der Waals surface area contributed by atoms with E-state index in [9.17, 15) is 9.59 Å². The van der Waals surface area contributed by atoms with Crippen LogP contribution in [-0.2, 0) is 16.8 Å². The zero-order valence-corrected chi connectivity index (χ0v) is 21.4. The Bertz CT molecular complexity index is 1540. The number of halogens is 3. The number of hydrogen-bond acceptors (Lipinski definition) is 2. The highest BCUT2D eigenvalue weighted by molar-refractivity contribution is 6.32. The van der Waals surface area contributed by atoms with Crippen molar-refractivity contribution in [3.63, 3.8) is 0 Å². The van der Waals surface area contributed by atoms with Crippen LogP contribution in [0.25, 0.3) is 10.9 Å². The molecule has 1 saturated carbocycles. The normalized spacial score (nSPS) is 19.1. The second-order valence-electron chi connectivity index (χ2n) is 9.48. The van der Waals surface area contributed by atoms with Crippen LogP contribution in [0.4, 0.5) is 5.69 Å². The van der Waals surface area contributed by atoms with Crippen molar-refractivity contribution in [2.75, 3.05) is 5.32 Å². The van der Waals surface area contributed by atoms with Crippen molar-refractivity contribution < 1.29 is 9.59 Å². The van der Waals surface area contributed by atoms with Crippen LogP contribution in [0, 0.1) is 0 Å². The molecule has 2 amide bonds. The minimum atomic E-state index is -1.27. The quantitative estimate of drug-likeness (QED) is 0.293. The standard InChI is InChI=1S/C28H22Cl3N3O2/c29-18-4-1-3-16(11-18)15-28(22-10-9-19(30)13-23(22)33-27(28)36)34-24-14-20(31)8-7-17(24)12-25(34)26(35)32-21-5-2-6-21/h1,3-4,7-14,21H,2,5-6,15H2,(H,32,35)(H,33,36). The number of rotatable bonds is 5. The number of carbonyl (C=O) groups excluding carboxylic acids is 2. The highest BCUT2D eigenvalue weighted by atomic mass is 35.5. The number of carbonyl (C=O) groups is 2. The monoisotopic (exact) mass is 537 g/mol. The summed E-state index contributed by atoms with van der Waals surface area (Å²) in [7, 11) is 0. The second kappa shape index (κ2) is 8.84. The summed E-state index contributed by atoms with van der Waals surface area (Å²) in [5, 5.41) is 8.58. The predicted octanol–water partition coefficient (Wildman–Crippen LogP) is 6.82. The molecular formula is C28H22Cl3N3O2. The Labute approximate surface area is 223 Å². The molecule has 4 aromatic rings. The van der Waals surface area contributed by atoms with Crippen LogP contribution in [-0.4, -0.2) is 22.4 Å². The summed E-state index contributed by atoms with van der Waals surface area (Å²) in [4.78, 5) is 27.7. The van der Waals surface area contributed by atoms with Crippen molar-refractivity contribution in [1.29, 1.82) is 0 Å². The Balaban J connectivity index is 1.65. The fourth-order valence-electron chi connectivity index (χ4n) is 5.31. The summed E-state index contributed by atoms with van der Waals surface area (Å²) < 4.78 is 1.85. The first-order valence-electron chi connectivity index (χ1n) is 11.8. The van der Waals surface area contributed by atoms with Gasteiger partial charge in [-0.3, -0.25) is 9.59 Å². The van der Waals surface area contributed by atoms with Crippen LogP contribution in [0.3, 0.4) is 0 Å². The highest BCUT2D eigenvalue weighted by Gasteiger charge is 2.50. The first kappa shape index (κ1) is 23.4. The maximum absolute atomic E-state index is 14.1. The molecule has 1 aromatic heterocycles. The van der Waals surface area contributed by atoms with Gasteiger partial charge in [0.1, 0.15) is 5.69 Å². The van der Waals surface area contributed by atoms with E-state index in [4.69, 9.17) is 34.8 Å². The van der Waals surface area contributed by atoms with E-state index >= 15 is 0 Å². The second-order valence-corrected chi connectivity index (χ2v) is 10.8. The molecule has 6 rings (SSSR count). The van der Waals surface area contributed by atoms with E-state index in [-0.39, 0.29) is 24.3 Å². The number of nitrogens with zero attached hydrogens (tertiary/aromatic N) is 1. The number of hydrogen-bond donors (Lipinski definition) is 2. The molecule has 2 aliphatic rings. The van der Waals surface area contributed by atoms with Crippen LogP contribution in [0.1, 0.15) is 40.9 Å². The molecular weight excluding hydrogens is 517 g/mol. The summed E-state index contributed by atoms with van der Waals surface area (Å²) in [5.41, 5.74) is 2.02. The van der Waals surface area contributed by atoms with Crippen LogP contribution in [0.5, 0.6) is 0 Å². The Morgan fingerprint density at radius 2 is 1.72 bits per heavy atom. The summed E-state index contributed by atoms with van der Waals surface area (Å²) >= 11 is 19.1. The first-order chi connectivity index (χ1) is 17.3. The Hall–Kier alpha value is -2.99. The third kappa shape index (κ3) is 3.78. The summed E-state index contributed by atoms with van der Waals surface area (Å²) in [6, 6.07) is 20.2. The van der Waals surface area contributed by atoms with Gasteiger partial charge in [-0.05, 0) is 67.3 Å². The maximum atomic E-state index is 14.1. The number of aromatic nitrogens is 1. The average Bonchev–Trinajstić information content (AvgIpc) is 3.31. The molecule has 0 radical (unpaired) electrons. The minimum Gasteiger partial charge on any atom is -0.348 e. The largest absolute Gasteiger partial charge is 0.348 e. The number of fused-ring (bicyclic) bond motifs is 2. The van der Waals surface area contributed by atoms with E-state index in [0.717, 1.165) is 35.8 Å². The van der Waals surface area contributed by atoms with Gasteiger partial charge in [0.25, 0.3) is 11.8 Å². The summed E-state index contributed by atoms with van der Waals surface area (Å²) in [6.45, 7) is 0. The lowest BCUT2D eigenvalue weighted by Crippen LogP contribution is -2.47. The molecule has 0 spiro atoms. The first-order valence-corrected chi connectivity index (χ1v) is 13.0. The number of amides is 2. The molecule has 3 aromatic carbocycles. The molecule has 2 heterocycles. The van der Waals surface area contributed by atoms with E-state index < -0.39 is 5.54 Å². The van der Waals surface area contributed by atoms with Crippen molar-refractivity contribution in [2.24, 2.45) is 0 Å². The van der Waals surface area contributed by atoms with Crippen molar-refractivity contribution in [3.05, 3.63) is 98.6 Å². The molecule has 182 valence electrons. The molecule has 1 atom stereocenters. The van der Waals surface area contributed by atoms with Gasteiger partial charge in [0.2, 0.25) is 0 Å². The fourth-order valence-corrected chi connectivity index (χ4v) is 5.86. The van der Waals surface area contributed by atoms with Crippen LogP contribution in [0.15, 0.2) is 66.7 Å². The molecule has 36 heavy (non-hydrogen) atoms. The van der Waals surface area contributed by atoms with E-state index in [1.807, 2.05) is 41.0 Å². The van der Waals surface area contributed by atoms with Crippen molar-refractivity contribution in [3.8, 4) is 0 Å². The molecule has 1 fully saturated rings. The lowest BCUT2D eigenvalue weighted by molar-refractivity contribution is -0.121. The zero-order chi connectivity index (χ0) is 25.0. The van der Waals surface area contributed by atoms with Gasteiger partial charge in [0, 0.05) is 44.2 Å². The van der Waals surface area contributed by atoms with Gasteiger partial charge in [-0.1, -0.05) is 59.1 Å². The number of anilines is 1. The molecule has 1 unspecified atom stereocenters. The van der Waals surface area contributed by atoms with Crippen LogP contribution >= 0.6 is 34.8 Å². The molecule has 0 bridgehead atoms. The van der Waals surface area contributed by atoms with Gasteiger partial charge in [0.05, 0.1) is 5.52 Å². The lowest BCUT2D eigenvalue weighted by atomic mass is 9.83. The van der Waals surface area contributed by atoms with E-state index in [1.54, 1.807) is 30.3 Å². The minimum absolute atomic E-state index is 0.139. The molecule has 0 saturated heterocycles. The van der Waals surface area contributed by atoms with E-state index in [0.29, 0.717) is 32.0 Å². The topological polar surface area (TPSA) is 63.1 Å². The maximum Gasteiger partial charge on any atom is 0.268 e. The Morgan fingerprint density at radius 3 is 2.47 bits per heavy atom. The van der Waals surface area contributed by atoms with E-state index in [1.165, 1.54) is 0 Å². The van der Waals surface area contributed by atoms with Gasteiger partial charge in [-0.25, -0.2) is 0 Å². The predicted molar refractivity (Wildman–Crippen MR) is 144 cm³/mol. The van der Waals surface area contributed by atoms with Gasteiger partial charge in [-0.15, -0.1) is 0 Å². The third-order valence-electron chi connectivity index (χ3n) is 7.22. The molecule has 5 nitrogen and oxygen atoms in total. The van der Waals surface area contributed by atoms with Crippen LogP contribution in [0.2, 0.25) is 15.1 Å². The number of benzene rings is 3. The van der Waals surface area contributed by atoms with Gasteiger partial charge in [0.15, 0.2) is 5.54 Å². The van der Waals surface area contributed by atoms with Crippen molar-refractivity contribution in [1.82, 2.24) is 9.88 Å². The van der Waals surface area contributed by atoms with Gasteiger partial charge >= 0.3 is 0 Å². The van der Waals surface area contributed by atoms with Crippen molar-refractivity contribution >= 4 is 63.2 Å². The zero-order valence-electron chi connectivity index (χ0n) is 19.2. The molecule has 1 aliphatic carbocycles. The van der Waals surface area contributed by atoms with E-state index in [2.05, 4.69) is 10.6 Å². The molecule has 2 N–H and O–H groups in total. The van der Waals surface area contributed by atoms with Crippen LogP contribution < -0.4 is 10.6 Å². The third-order valence-corrected chi connectivity index (χ3v) is 7.93. The Kier molecular flexibility index (Phi) is 5.75. The summed E-state index contributed by atoms with van der Waals surface area (Å²) in [6.07, 6.45) is 3.27. The Morgan fingerprint density at radius 1 is 0.972 bits per heavy atom. The van der Waals surface area contributed by atoms with Gasteiger partial charge < -0.3 is 15.2 Å². The summed E-state index contributed by atoms with van der Waals surface area (Å²) in [5.74, 6) is -0.470.